The maximum absolute atomic E-state index is 11.4. The van der Waals surface area contributed by atoms with E-state index in [4.69, 9.17) is 5.73 Å². The molecular formula is C18H22N4O2. The molecule has 3 N–H and O–H groups in total. The number of primary amides is 1. The molecule has 0 radical (unpaired) electrons. The van der Waals surface area contributed by atoms with Gasteiger partial charge in [-0.05, 0) is 36.7 Å². The molecule has 2 aliphatic carbocycles. The Kier molecular flexibility index (Phi) is 4.64. The Hall–Kier alpha value is -2.63. The highest BCUT2D eigenvalue weighted by atomic mass is 16.2. The molecule has 0 saturated heterocycles. The number of hydrogen-bond acceptors (Lipinski definition) is 3. The van der Waals surface area contributed by atoms with Gasteiger partial charge in [-0.3, -0.25) is 14.9 Å². The molecule has 2 unspecified atom stereocenters. The topological polar surface area (TPSA) is 90.0 Å². The zero-order valence-corrected chi connectivity index (χ0v) is 13.7. The SMILES string of the molecule is C1CC2CC12.CC(=O)Nc1ncc(C(N)=O)n1Cc1ccccc1. The highest BCUT2D eigenvalue weighted by Crippen LogP contribution is 2.55. The maximum Gasteiger partial charge on any atom is 0.267 e. The van der Waals surface area contributed by atoms with Crippen molar-refractivity contribution >= 4 is 17.8 Å². The van der Waals surface area contributed by atoms with Crippen LogP contribution in [0, 0.1) is 11.8 Å². The Morgan fingerprint density at radius 1 is 1.25 bits per heavy atom. The van der Waals surface area contributed by atoms with Gasteiger partial charge >= 0.3 is 0 Å². The number of nitrogens with two attached hydrogens (primary N) is 1. The summed E-state index contributed by atoms with van der Waals surface area (Å²) in [6.07, 6.45) is 6.06. The van der Waals surface area contributed by atoms with Crippen LogP contribution in [0.25, 0.3) is 0 Å². The van der Waals surface area contributed by atoms with E-state index in [2.05, 4.69) is 10.3 Å². The molecule has 4 rings (SSSR count). The van der Waals surface area contributed by atoms with Gasteiger partial charge in [0.1, 0.15) is 5.69 Å². The van der Waals surface area contributed by atoms with E-state index in [1.807, 2.05) is 30.3 Å². The van der Waals surface area contributed by atoms with Crippen molar-refractivity contribution in [3.8, 4) is 0 Å². The minimum Gasteiger partial charge on any atom is -0.364 e. The van der Waals surface area contributed by atoms with Crippen molar-refractivity contribution in [2.45, 2.75) is 32.7 Å². The predicted molar refractivity (Wildman–Crippen MR) is 91.4 cm³/mol. The van der Waals surface area contributed by atoms with E-state index >= 15 is 0 Å². The summed E-state index contributed by atoms with van der Waals surface area (Å²) in [5.41, 5.74) is 6.54. The summed E-state index contributed by atoms with van der Waals surface area (Å²) in [6.45, 7) is 1.79. The first kappa shape index (κ1) is 16.2. The first-order valence-corrected chi connectivity index (χ1v) is 8.21. The average Bonchev–Trinajstić information content (AvgIpc) is 2.92. The van der Waals surface area contributed by atoms with Crippen LogP contribution < -0.4 is 11.1 Å². The first-order valence-electron chi connectivity index (χ1n) is 8.21. The number of carbonyl (C=O) groups excluding carboxylic acids is 2. The van der Waals surface area contributed by atoms with Crippen molar-refractivity contribution in [1.29, 1.82) is 0 Å². The van der Waals surface area contributed by atoms with Gasteiger partial charge in [-0.25, -0.2) is 4.98 Å². The third kappa shape index (κ3) is 3.82. The molecule has 2 aromatic rings. The molecule has 0 bridgehead atoms. The van der Waals surface area contributed by atoms with Crippen LogP contribution in [0.4, 0.5) is 5.95 Å². The number of anilines is 1. The van der Waals surface area contributed by atoms with Gasteiger partial charge in [0.25, 0.3) is 5.91 Å². The number of carbonyl (C=O) groups is 2. The molecule has 6 heteroatoms. The van der Waals surface area contributed by atoms with Crippen molar-refractivity contribution in [2.75, 3.05) is 5.32 Å². The minimum absolute atomic E-state index is 0.254. The third-order valence-electron chi connectivity index (χ3n) is 4.56. The second kappa shape index (κ2) is 6.86. The van der Waals surface area contributed by atoms with Gasteiger partial charge in [-0.1, -0.05) is 30.3 Å². The number of nitrogens with one attached hydrogen (secondary N) is 1. The summed E-state index contributed by atoms with van der Waals surface area (Å²) >= 11 is 0. The van der Waals surface area contributed by atoms with Crippen LogP contribution in [-0.2, 0) is 11.3 Å². The quantitative estimate of drug-likeness (QED) is 0.904. The first-order chi connectivity index (χ1) is 11.5. The van der Waals surface area contributed by atoms with Gasteiger partial charge in [0.05, 0.1) is 12.7 Å². The Morgan fingerprint density at radius 3 is 2.38 bits per heavy atom. The van der Waals surface area contributed by atoms with E-state index in [9.17, 15) is 9.59 Å². The van der Waals surface area contributed by atoms with Crippen LogP contribution >= 0.6 is 0 Å². The minimum atomic E-state index is -0.583. The molecule has 2 atom stereocenters. The van der Waals surface area contributed by atoms with Gasteiger partial charge in [-0.2, -0.15) is 0 Å². The molecule has 2 aliphatic rings. The largest absolute Gasteiger partial charge is 0.364 e. The van der Waals surface area contributed by atoms with Gasteiger partial charge in [0.2, 0.25) is 11.9 Å². The summed E-state index contributed by atoms with van der Waals surface area (Å²) in [5, 5.41) is 2.57. The van der Waals surface area contributed by atoms with E-state index in [1.165, 1.54) is 25.0 Å². The number of hydrogen-bond donors (Lipinski definition) is 2. The van der Waals surface area contributed by atoms with Gasteiger partial charge in [0.15, 0.2) is 0 Å². The molecule has 0 aliphatic heterocycles. The Labute approximate surface area is 141 Å². The average molecular weight is 326 g/mol. The summed E-state index contributed by atoms with van der Waals surface area (Å²) in [6, 6.07) is 9.54. The van der Waals surface area contributed by atoms with Crippen LogP contribution in [-0.4, -0.2) is 21.4 Å². The van der Waals surface area contributed by atoms with Crippen LogP contribution in [0.3, 0.4) is 0 Å². The summed E-state index contributed by atoms with van der Waals surface area (Å²) < 4.78 is 1.58. The van der Waals surface area contributed by atoms with E-state index in [-0.39, 0.29) is 11.6 Å². The molecule has 1 heterocycles. The van der Waals surface area contributed by atoms with E-state index < -0.39 is 5.91 Å². The van der Waals surface area contributed by atoms with Gasteiger partial charge in [-0.15, -0.1) is 0 Å². The second-order valence-corrected chi connectivity index (χ2v) is 6.42. The molecule has 6 nitrogen and oxygen atoms in total. The fraction of sp³-hybridized carbons (Fsp3) is 0.389. The predicted octanol–water partition coefficient (Wildman–Crippen LogP) is 2.41. The molecule has 24 heavy (non-hydrogen) atoms. The van der Waals surface area contributed by atoms with Gasteiger partial charge in [0, 0.05) is 6.92 Å². The summed E-state index contributed by atoms with van der Waals surface area (Å²) in [7, 11) is 0. The fourth-order valence-electron chi connectivity index (χ4n) is 2.94. The lowest BCUT2D eigenvalue weighted by Crippen LogP contribution is -2.20. The number of amides is 2. The summed E-state index contributed by atoms with van der Waals surface area (Å²) in [4.78, 5) is 26.5. The van der Waals surface area contributed by atoms with Gasteiger partial charge < -0.3 is 10.3 Å². The zero-order chi connectivity index (χ0) is 17.1. The number of imidazole rings is 1. The Morgan fingerprint density at radius 2 is 1.92 bits per heavy atom. The summed E-state index contributed by atoms with van der Waals surface area (Å²) in [5.74, 6) is 1.94. The molecule has 1 aromatic heterocycles. The highest BCUT2D eigenvalue weighted by Gasteiger charge is 2.44. The van der Waals surface area contributed by atoms with E-state index in [1.54, 1.807) is 23.8 Å². The van der Waals surface area contributed by atoms with Crippen LogP contribution in [0.5, 0.6) is 0 Å². The second-order valence-electron chi connectivity index (χ2n) is 6.42. The lowest BCUT2D eigenvalue weighted by Gasteiger charge is -2.10. The van der Waals surface area contributed by atoms with E-state index in [0.29, 0.717) is 12.5 Å². The number of nitrogens with zero attached hydrogens (tertiary/aromatic N) is 2. The Balaban J connectivity index is 0.000000281. The van der Waals surface area contributed by atoms with Crippen molar-refractivity contribution in [3.63, 3.8) is 0 Å². The van der Waals surface area contributed by atoms with Crippen LogP contribution in [0.15, 0.2) is 36.5 Å². The standard InChI is InChI=1S/C13H14N4O2.C5H8/c1-9(18)16-13-15-7-11(12(14)19)17(13)8-10-5-3-2-4-6-10;1-2-5-3-4(1)5/h2-7H,8H2,1H3,(H2,14,19)(H,15,16,18);4-5H,1-3H2. The molecule has 0 spiro atoms. The highest BCUT2D eigenvalue weighted by molar-refractivity contribution is 5.93. The number of rotatable bonds is 4. The lowest BCUT2D eigenvalue weighted by atomic mass is 10.0. The molecule has 2 saturated carbocycles. The van der Waals surface area contributed by atoms with E-state index in [0.717, 1.165) is 5.56 Å². The molecule has 2 amide bonds. The van der Waals surface area contributed by atoms with Crippen molar-refractivity contribution < 1.29 is 9.59 Å². The lowest BCUT2D eigenvalue weighted by molar-refractivity contribution is -0.114. The smallest absolute Gasteiger partial charge is 0.267 e. The van der Waals surface area contributed by atoms with Crippen molar-refractivity contribution in [1.82, 2.24) is 9.55 Å². The Bertz CT molecular complexity index is 727. The number of fused-ring (bicyclic) bond motifs is 1. The third-order valence-corrected chi connectivity index (χ3v) is 4.56. The normalized spacial score (nSPS) is 20.0. The number of benzene rings is 1. The molecule has 2 fully saturated rings. The van der Waals surface area contributed by atoms with Crippen molar-refractivity contribution in [3.05, 3.63) is 47.8 Å². The fourth-order valence-corrected chi connectivity index (χ4v) is 2.94. The van der Waals surface area contributed by atoms with Crippen molar-refractivity contribution in [2.24, 2.45) is 17.6 Å². The van der Waals surface area contributed by atoms with Crippen LogP contribution in [0.1, 0.15) is 42.2 Å². The maximum atomic E-state index is 11.4. The number of aromatic nitrogens is 2. The monoisotopic (exact) mass is 326 g/mol. The van der Waals surface area contributed by atoms with Crippen LogP contribution in [0.2, 0.25) is 0 Å². The zero-order valence-electron chi connectivity index (χ0n) is 13.7. The molecular weight excluding hydrogens is 304 g/mol. The molecule has 1 aromatic carbocycles. The molecule has 126 valence electrons.